The van der Waals surface area contributed by atoms with E-state index in [1.165, 1.54) is 0 Å². The highest BCUT2D eigenvalue weighted by Crippen LogP contribution is 2.15. The molecule has 0 radical (unpaired) electrons. The SMILES string of the molecule is Cn1cc2ccc(C(=O)Nc3ccccn3)cc2n1. The number of fused-ring (bicyclic) bond motifs is 1. The molecule has 0 aliphatic heterocycles. The molecule has 1 amide bonds. The van der Waals surface area contributed by atoms with Crippen LogP contribution in [0.5, 0.6) is 0 Å². The van der Waals surface area contributed by atoms with Gasteiger partial charge < -0.3 is 5.32 Å². The summed E-state index contributed by atoms with van der Waals surface area (Å²) < 4.78 is 1.73. The molecule has 94 valence electrons. The molecule has 1 aromatic carbocycles. The minimum Gasteiger partial charge on any atom is -0.307 e. The summed E-state index contributed by atoms with van der Waals surface area (Å²) in [6, 6.07) is 10.8. The van der Waals surface area contributed by atoms with Crippen molar-refractivity contribution >= 4 is 22.6 Å². The van der Waals surface area contributed by atoms with Gasteiger partial charge in [0.15, 0.2) is 0 Å². The highest BCUT2D eigenvalue weighted by atomic mass is 16.1. The molecule has 0 fully saturated rings. The van der Waals surface area contributed by atoms with Crippen molar-refractivity contribution in [2.24, 2.45) is 7.05 Å². The van der Waals surface area contributed by atoms with E-state index in [0.29, 0.717) is 11.4 Å². The number of nitrogens with zero attached hydrogens (tertiary/aromatic N) is 3. The van der Waals surface area contributed by atoms with Gasteiger partial charge in [-0.05, 0) is 24.3 Å². The minimum absolute atomic E-state index is 0.189. The van der Waals surface area contributed by atoms with Crippen LogP contribution in [0.15, 0.2) is 48.8 Å². The molecule has 2 heterocycles. The molecule has 0 saturated heterocycles. The van der Waals surface area contributed by atoms with E-state index < -0.39 is 0 Å². The number of aryl methyl sites for hydroxylation is 1. The average molecular weight is 252 g/mol. The van der Waals surface area contributed by atoms with Gasteiger partial charge in [0.05, 0.1) is 5.52 Å². The standard InChI is InChI=1S/C14H12N4O/c1-18-9-11-6-5-10(8-12(11)17-18)14(19)16-13-4-2-3-7-15-13/h2-9H,1H3,(H,15,16,19). The summed E-state index contributed by atoms with van der Waals surface area (Å²) in [5.41, 5.74) is 1.37. The number of nitrogens with one attached hydrogen (secondary N) is 1. The maximum absolute atomic E-state index is 12.1. The Morgan fingerprint density at radius 2 is 2.16 bits per heavy atom. The first-order valence-electron chi connectivity index (χ1n) is 5.88. The summed E-state index contributed by atoms with van der Waals surface area (Å²) in [6.45, 7) is 0. The topological polar surface area (TPSA) is 59.8 Å². The Morgan fingerprint density at radius 1 is 1.26 bits per heavy atom. The molecule has 0 unspecified atom stereocenters. The van der Waals surface area contributed by atoms with Crippen molar-refractivity contribution in [3.8, 4) is 0 Å². The van der Waals surface area contributed by atoms with Gasteiger partial charge in [0.1, 0.15) is 5.82 Å². The Kier molecular flexibility index (Phi) is 2.72. The Balaban J connectivity index is 1.89. The quantitative estimate of drug-likeness (QED) is 0.760. The lowest BCUT2D eigenvalue weighted by molar-refractivity contribution is 0.102. The van der Waals surface area contributed by atoms with Crippen LogP contribution in [0.25, 0.3) is 10.9 Å². The van der Waals surface area contributed by atoms with Crippen LogP contribution in [0.1, 0.15) is 10.4 Å². The van der Waals surface area contributed by atoms with Crippen LogP contribution in [0, 0.1) is 0 Å². The lowest BCUT2D eigenvalue weighted by Gasteiger charge is -2.03. The smallest absolute Gasteiger partial charge is 0.256 e. The minimum atomic E-state index is -0.189. The van der Waals surface area contributed by atoms with E-state index >= 15 is 0 Å². The van der Waals surface area contributed by atoms with E-state index in [-0.39, 0.29) is 5.91 Å². The van der Waals surface area contributed by atoms with Gasteiger partial charge in [-0.15, -0.1) is 0 Å². The number of hydrogen-bond acceptors (Lipinski definition) is 3. The van der Waals surface area contributed by atoms with Crippen LogP contribution < -0.4 is 5.32 Å². The van der Waals surface area contributed by atoms with Crippen molar-refractivity contribution in [2.75, 3.05) is 5.32 Å². The number of rotatable bonds is 2. The molecular weight excluding hydrogens is 240 g/mol. The number of benzene rings is 1. The first-order valence-corrected chi connectivity index (χ1v) is 5.88. The molecule has 0 bridgehead atoms. The average Bonchev–Trinajstić information content (AvgIpc) is 2.78. The summed E-state index contributed by atoms with van der Waals surface area (Å²) in [7, 11) is 1.85. The van der Waals surface area contributed by atoms with Crippen molar-refractivity contribution in [1.29, 1.82) is 0 Å². The van der Waals surface area contributed by atoms with Gasteiger partial charge in [0.25, 0.3) is 5.91 Å². The monoisotopic (exact) mass is 252 g/mol. The Labute approximate surface area is 109 Å². The number of pyridine rings is 1. The molecule has 0 aliphatic carbocycles. The second-order valence-electron chi connectivity index (χ2n) is 4.25. The largest absolute Gasteiger partial charge is 0.307 e. The second-order valence-corrected chi connectivity index (χ2v) is 4.25. The molecule has 0 saturated carbocycles. The Hall–Kier alpha value is -2.69. The maximum Gasteiger partial charge on any atom is 0.256 e. The number of carbonyl (C=O) groups excluding carboxylic acids is 1. The van der Waals surface area contributed by atoms with Crippen LogP contribution >= 0.6 is 0 Å². The zero-order valence-electron chi connectivity index (χ0n) is 10.4. The van der Waals surface area contributed by atoms with Gasteiger partial charge in [-0.3, -0.25) is 9.48 Å². The van der Waals surface area contributed by atoms with Crippen molar-refractivity contribution < 1.29 is 4.79 Å². The molecule has 3 rings (SSSR count). The summed E-state index contributed by atoms with van der Waals surface area (Å²) in [6.07, 6.45) is 3.55. The predicted octanol–water partition coefficient (Wildman–Crippen LogP) is 2.22. The van der Waals surface area contributed by atoms with Crippen LogP contribution in [0.3, 0.4) is 0 Å². The van der Waals surface area contributed by atoms with Crippen LogP contribution in [0.2, 0.25) is 0 Å². The fourth-order valence-electron chi connectivity index (χ4n) is 1.91. The summed E-state index contributed by atoms with van der Waals surface area (Å²) in [5, 5.41) is 8.04. The van der Waals surface area contributed by atoms with Gasteiger partial charge >= 0.3 is 0 Å². The van der Waals surface area contributed by atoms with Crippen LogP contribution in [0.4, 0.5) is 5.82 Å². The highest BCUT2D eigenvalue weighted by Gasteiger charge is 2.08. The summed E-state index contributed by atoms with van der Waals surface area (Å²) in [4.78, 5) is 16.1. The van der Waals surface area contributed by atoms with Crippen molar-refractivity contribution in [3.63, 3.8) is 0 Å². The third kappa shape index (κ3) is 2.30. The van der Waals surface area contributed by atoms with E-state index in [1.54, 1.807) is 35.1 Å². The number of anilines is 1. The van der Waals surface area contributed by atoms with Crippen molar-refractivity contribution in [3.05, 3.63) is 54.4 Å². The molecule has 3 aromatic rings. The van der Waals surface area contributed by atoms with Crippen molar-refractivity contribution in [2.45, 2.75) is 0 Å². The third-order valence-corrected chi connectivity index (χ3v) is 2.79. The zero-order valence-corrected chi connectivity index (χ0v) is 10.4. The van der Waals surface area contributed by atoms with Gasteiger partial charge in [-0.1, -0.05) is 12.1 Å². The first kappa shape index (κ1) is 11.4. The maximum atomic E-state index is 12.1. The molecule has 5 heteroatoms. The van der Waals surface area contributed by atoms with Gasteiger partial charge in [-0.25, -0.2) is 4.98 Å². The van der Waals surface area contributed by atoms with E-state index in [1.807, 2.05) is 25.4 Å². The highest BCUT2D eigenvalue weighted by molar-refractivity contribution is 6.05. The Bertz CT molecular complexity index is 734. The molecule has 0 spiro atoms. The number of carbonyl (C=O) groups is 1. The molecule has 19 heavy (non-hydrogen) atoms. The van der Waals surface area contributed by atoms with E-state index in [9.17, 15) is 4.79 Å². The van der Waals surface area contributed by atoms with Crippen LogP contribution in [-0.4, -0.2) is 20.7 Å². The molecule has 0 aliphatic rings. The van der Waals surface area contributed by atoms with Gasteiger partial charge in [0, 0.05) is 30.4 Å². The molecule has 0 atom stereocenters. The fraction of sp³-hybridized carbons (Fsp3) is 0.0714. The van der Waals surface area contributed by atoms with E-state index in [0.717, 1.165) is 10.9 Å². The van der Waals surface area contributed by atoms with Gasteiger partial charge in [-0.2, -0.15) is 5.10 Å². The molecule has 2 aromatic heterocycles. The molecule has 1 N–H and O–H groups in total. The number of aromatic nitrogens is 3. The predicted molar refractivity (Wildman–Crippen MR) is 72.9 cm³/mol. The van der Waals surface area contributed by atoms with E-state index in [2.05, 4.69) is 15.4 Å². The lowest BCUT2D eigenvalue weighted by atomic mass is 10.1. The Morgan fingerprint density at radius 3 is 2.95 bits per heavy atom. The third-order valence-electron chi connectivity index (χ3n) is 2.79. The van der Waals surface area contributed by atoms with Gasteiger partial charge in [0.2, 0.25) is 0 Å². The van der Waals surface area contributed by atoms with Crippen molar-refractivity contribution in [1.82, 2.24) is 14.8 Å². The lowest BCUT2D eigenvalue weighted by Crippen LogP contribution is -2.12. The summed E-state index contributed by atoms with van der Waals surface area (Å²) in [5.74, 6) is 0.347. The number of amides is 1. The first-order chi connectivity index (χ1) is 9.22. The second kappa shape index (κ2) is 4.53. The zero-order chi connectivity index (χ0) is 13.2. The molecule has 5 nitrogen and oxygen atoms in total. The normalized spacial score (nSPS) is 10.6. The van der Waals surface area contributed by atoms with Crippen LogP contribution in [-0.2, 0) is 7.05 Å². The fourth-order valence-corrected chi connectivity index (χ4v) is 1.91. The summed E-state index contributed by atoms with van der Waals surface area (Å²) >= 11 is 0. The number of hydrogen-bond donors (Lipinski definition) is 1. The molecular formula is C14H12N4O. The van der Waals surface area contributed by atoms with E-state index in [4.69, 9.17) is 0 Å².